The van der Waals surface area contributed by atoms with Gasteiger partial charge in [0.2, 0.25) is 0 Å². The lowest BCUT2D eigenvalue weighted by molar-refractivity contribution is 0.429. The van der Waals surface area contributed by atoms with E-state index in [0.717, 1.165) is 12.0 Å². The summed E-state index contributed by atoms with van der Waals surface area (Å²) in [6.45, 7) is 10.5. The summed E-state index contributed by atoms with van der Waals surface area (Å²) >= 11 is 0. The van der Waals surface area contributed by atoms with E-state index in [0.29, 0.717) is 17.9 Å². The van der Waals surface area contributed by atoms with Gasteiger partial charge in [0.1, 0.15) is 0 Å². The van der Waals surface area contributed by atoms with Crippen LogP contribution in [0.25, 0.3) is 0 Å². The molecular formula is C14H24N2. The number of hydrogen-bond acceptors (Lipinski definition) is 2. The molecule has 0 aromatic rings. The molecule has 0 radical (unpaired) electrons. The van der Waals surface area contributed by atoms with Crippen molar-refractivity contribution in [2.24, 2.45) is 11.8 Å². The van der Waals surface area contributed by atoms with Crippen LogP contribution in [-0.4, -0.2) is 6.04 Å². The second kappa shape index (κ2) is 7.98. The molecule has 0 aromatic carbocycles. The quantitative estimate of drug-likeness (QED) is 0.694. The zero-order chi connectivity index (χ0) is 12.6. The van der Waals surface area contributed by atoms with E-state index in [2.05, 4.69) is 45.2 Å². The first-order chi connectivity index (χ1) is 7.51. The first kappa shape index (κ1) is 14.8. The standard InChI is InChI=1S/C14H24N2/c1-6-14(11(2)3)16-8-7-12(4)9-13(5)10-15/h7-9,11-12,14,16H,6H2,1-5H3/b8-7-,13-9+. The molecule has 0 heterocycles. The molecule has 90 valence electrons. The SMILES string of the molecule is CCC(N/C=C\C(C)/C=C(\C)C#N)C(C)C. The average Bonchev–Trinajstić information content (AvgIpc) is 2.23. The third-order valence-corrected chi connectivity index (χ3v) is 2.64. The van der Waals surface area contributed by atoms with Gasteiger partial charge >= 0.3 is 0 Å². The predicted molar refractivity (Wildman–Crippen MR) is 69.7 cm³/mol. The van der Waals surface area contributed by atoms with Crippen molar-refractivity contribution < 1.29 is 0 Å². The predicted octanol–water partition coefficient (Wildman–Crippen LogP) is 3.63. The molecule has 2 heteroatoms. The normalized spacial score (nSPS) is 16.2. The van der Waals surface area contributed by atoms with Gasteiger partial charge in [-0.15, -0.1) is 0 Å². The maximum atomic E-state index is 8.65. The van der Waals surface area contributed by atoms with E-state index in [9.17, 15) is 0 Å². The minimum atomic E-state index is 0.303. The zero-order valence-corrected chi connectivity index (χ0v) is 11.1. The highest BCUT2D eigenvalue weighted by Crippen LogP contribution is 2.07. The molecule has 0 fully saturated rings. The molecule has 0 rings (SSSR count). The fraction of sp³-hybridized carbons (Fsp3) is 0.643. The fourth-order valence-electron chi connectivity index (χ4n) is 1.60. The lowest BCUT2D eigenvalue weighted by Crippen LogP contribution is -2.28. The third-order valence-electron chi connectivity index (χ3n) is 2.64. The van der Waals surface area contributed by atoms with Gasteiger partial charge in [-0.25, -0.2) is 0 Å². The van der Waals surface area contributed by atoms with Gasteiger partial charge in [-0.05, 0) is 31.4 Å². The van der Waals surface area contributed by atoms with E-state index >= 15 is 0 Å². The lowest BCUT2D eigenvalue weighted by atomic mass is 10.0. The molecule has 0 bridgehead atoms. The van der Waals surface area contributed by atoms with Crippen molar-refractivity contribution in [3.05, 3.63) is 23.9 Å². The Balaban J connectivity index is 4.15. The van der Waals surface area contributed by atoms with Crippen molar-refractivity contribution in [2.75, 3.05) is 0 Å². The Morgan fingerprint density at radius 2 is 2.00 bits per heavy atom. The van der Waals surface area contributed by atoms with Crippen LogP contribution in [0.2, 0.25) is 0 Å². The molecule has 16 heavy (non-hydrogen) atoms. The third kappa shape index (κ3) is 6.29. The summed E-state index contributed by atoms with van der Waals surface area (Å²) in [5.74, 6) is 0.943. The van der Waals surface area contributed by atoms with Crippen LogP contribution in [-0.2, 0) is 0 Å². The molecule has 0 aliphatic rings. The van der Waals surface area contributed by atoms with E-state index < -0.39 is 0 Å². The molecule has 0 saturated heterocycles. The van der Waals surface area contributed by atoms with Crippen LogP contribution in [0.15, 0.2) is 23.9 Å². The number of nitrogens with one attached hydrogen (secondary N) is 1. The Morgan fingerprint density at radius 3 is 2.44 bits per heavy atom. The summed E-state index contributed by atoms with van der Waals surface area (Å²) in [7, 11) is 0. The number of rotatable bonds is 6. The number of nitriles is 1. The van der Waals surface area contributed by atoms with E-state index in [1.54, 1.807) is 0 Å². The van der Waals surface area contributed by atoms with Gasteiger partial charge < -0.3 is 5.32 Å². The minimum absolute atomic E-state index is 0.303. The van der Waals surface area contributed by atoms with E-state index in [1.807, 2.05) is 19.2 Å². The summed E-state index contributed by atoms with van der Waals surface area (Å²) in [6.07, 6.45) is 7.20. The van der Waals surface area contributed by atoms with Crippen LogP contribution >= 0.6 is 0 Å². The van der Waals surface area contributed by atoms with Gasteiger partial charge in [0.05, 0.1) is 6.07 Å². The monoisotopic (exact) mass is 220 g/mol. The summed E-state index contributed by atoms with van der Waals surface area (Å²) in [6, 6.07) is 2.66. The molecule has 0 spiro atoms. The van der Waals surface area contributed by atoms with Gasteiger partial charge in [0, 0.05) is 11.6 Å². The molecule has 2 atom stereocenters. The topological polar surface area (TPSA) is 35.8 Å². The summed E-state index contributed by atoms with van der Waals surface area (Å²) in [5, 5.41) is 12.0. The highest BCUT2D eigenvalue weighted by molar-refractivity contribution is 5.19. The minimum Gasteiger partial charge on any atom is -0.388 e. The molecule has 2 nitrogen and oxygen atoms in total. The fourth-order valence-corrected chi connectivity index (χ4v) is 1.60. The van der Waals surface area contributed by atoms with Gasteiger partial charge in [0.25, 0.3) is 0 Å². The number of allylic oxidation sites excluding steroid dienone is 3. The van der Waals surface area contributed by atoms with E-state index in [-0.39, 0.29) is 0 Å². The van der Waals surface area contributed by atoms with Crippen molar-refractivity contribution in [1.82, 2.24) is 5.32 Å². The molecular weight excluding hydrogens is 196 g/mol. The van der Waals surface area contributed by atoms with Gasteiger partial charge in [0.15, 0.2) is 0 Å². The van der Waals surface area contributed by atoms with Crippen molar-refractivity contribution in [1.29, 1.82) is 5.26 Å². The van der Waals surface area contributed by atoms with Gasteiger partial charge in [-0.3, -0.25) is 0 Å². The second-order valence-electron chi connectivity index (χ2n) is 4.61. The Hall–Kier alpha value is -1.23. The maximum absolute atomic E-state index is 8.65. The first-order valence-corrected chi connectivity index (χ1v) is 6.02. The Kier molecular flexibility index (Phi) is 7.37. The Bertz CT molecular complexity index is 282. The average molecular weight is 220 g/mol. The zero-order valence-electron chi connectivity index (χ0n) is 11.1. The maximum Gasteiger partial charge on any atom is 0.0940 e. The number of nitrogens with zero attached hydrogens (tertiary/aromatic N) is 1. The van der Waals surface area contributed by atoms with E-state index in [4.69, 9.17) is 5.26 Å². The molecule has 1 N–H and O–H groups in total. The summed E-state index contributed by atoms with van der Waals surface area (Å²) in [4.78, 5) is 0. The Labute approximate surface area is 100 Å². The number of hydrogen-bond donors (Lipinski definition) is 1. The molecule has 0 aromatic heterocycles. The summed E-state index contributed by atoms with van der Waals surface area (Å²) in [5.41, 5.74) is 0.771. The van der Waals surface area contributed by atoms with Crippen LogP contribution in [0, 0.1) is 23.2 Å². The highest BCUT2D eigenvalue weighted by Gasteiger charge is 2.07. The van der Waals surface area contributed by atoms with Crippen LogP contribution < -0.4 is 5.32 Å². The first-order valence-electron chi connectivity index (χ1n) is 6.02. The molecule has 2 unspecified atom stereocenters. The van der Waals surface area contributed by atoms with Crippen LogP contribution in [0.3, 0.4) is 0 Å². The van der Waals surface area contributed by atoms with Gasteiger partial charge in [-0.2, -0.15) is 5.26 Å². The molecule has 0 amide bonds. The van der Waals surface area contributed by atoms with Crippen LogP contribution in [0.1, 0.15) is 41.0 Å². The van der Waals surface area contributed by atoms with Crippen molar-refractivity contribution in [3.63, 3.8) is 0 Å². The lowest BCUT2D eigenvalue weighted by Gasteiger charge is -2.19. The Morgan fingerprint density at radius 1 is 1.38 bits per heavy atom. The van der Waals surface area contributed by atoms with Gasteiger partial charge in [-0.1, -0.05) is 39.8 Å². The van der Waals surface area contributed by atoms with Crippen LogP contribution in [0.5, 0.6) is 0 Å². The highest BCUT2D eigenvalue weighted by atomic mass is 14.9. The largest absolute Gasteiger partial charge is 0.388 e. The van der Waals surface area contributed by atoms with Crippen molar-refractivity contribution in [2.45, 2.75) is 47.1 Å². The van der Waals surface area contributed by atoms with Crippen LogP contribution in [0.4, 0.5) is 0 Å². The molecule has 0 saturated carbocycles. The second-order valence-corrected chi connectivity index (χ2v) is 4.61. The smallest absolute Gasteiger partial charge is 0.0940 e. The summed E-state index contributed by atoms with van der Waals surface area (Å²) < 4.78 is 0. The van der Waals surface area contributed by atoms with Crippen molar-refractivity contribution in [3.8, 4) is 6.07 Å². The van der Waals surface area contributed by atoms with Crippen molar-refractivity contribution >= 4 is 0 Å². The van der Waals surface area contributed by atoms with E-state index in [1.165, 1.54) is 0 Å². The molecule has 0 aliphatic carbocycles. The molecule has 0 aliphatic heterocycles.